The third kappa shape index (κ3) is 4.76. The summed E-state index contributed by atoms with van der Waals surface area (Å²) in [7, 11) is 0. The molecule has 0 spiro atoms. The Morgan fingerprint density at radius 1 is 1.19 bits per heavy atom. The van der Waals surface area contributed by atoms with Crippen molar-refractivity contribution in [1.29, 1.82) is 0 Å². The summed E-state index contributed by atoms with van der Waals surface area (Å²) in [6.45, 7) is 2.37. The smallest absolute Gasteiger partial charge is 0.319 e. The summed E-state index contributed by atoms with van der Waals surface area (Å²) in [6, 6.07) is 11.3. The van der Waals surface area contributed by atoms with Crippen LogP contribution in [-0.4, -0.2) is 12.6 Å². The van der Waals surface area contributed by atoms with Crippen LogP contribution in [0.4, 0.5) is 14.9 Å². The molecule has 0 heterocycles. The minimum atomic E-state index is -0.294. The molecule has 3 nitrogen and oxygen atoms in total. The lowest BCUT2D eigenvalue weighted by molar-refractivity contribution is 0.252. The third-order valence-electron chi connectivity index (χ3n) is 3.04. The molecule has 2 aromatic rings. The number of hydrogen-bond donors (Lipinski definition) is 2. The van der Waals surface area contributed by atoms with Crippen LogP contribution in [0.5, 0.6) is 0 Å². The Hall–Kier alpha value is -2.07. The van der Waals surface area contributed by atoms with Crippen molar-refractivity contribution in [2.45, 2.75) is 13.3 Å². The first kappa shape index (κ1) is 15.3. The first-order valence-electron chi connectivity index (χ1n) is 6.60. The highest BCUT2D eigenvalue weighted by Crippen LogP contribution is 2.19. The topological polar surface area (TPSA) is 41.1 Å². The van der Waals surface area contributed by atoms with Crippen LogP contribution >= 0.6 is 11.6 Å². The maximum atomic E-state index is 12.7. The van der Waals surface area contributed by atoms with Gasteiger partial charge in [-0.3, -0.25) is 0 Å². The van der Waals surface area contributed by atoms with Gasteiger partial charge in [0.25, 0.3) is 0 Å². The number of hydrogen-bond acceptors (Lipinski definition) is 1. The zero-order chi connectivity index (χ0) is 15.2. The minimum Gasteiger partial charge on any atom is -0.338 e. The van der Waals surface area contributed by atoms with Gasteiger partial charge in [0, 0.05) is 17.3 Å². The number of rotatable bonds is 4. The van der Waals surface area contributed by atoms with Gasteiger partial charge in [0.05, 0.1) is 0 Å². The molecular formula is C16H16ClFN2O. The van der Waals surface area contributed by atoms with Crippen molar-refractivity contribution in [2.75, 3.05) is 11.9 Å². The van der Waals surface area contributed by atoms with E-state index in [0.29, 0.717) is 23.7 Å². The van der Waals surface area contributed by atoms with Gasteiger partial charge in [0.2, 0.25) is 0 Å². The Labute approximate surface area is 128 Å². The molecular weight excluding hydrogens is 291 g/mol. The molecule has 5 heteroatoms. The van der Waals surface area contributed by atoms with E-state index in [2.05, 4.69) is 10.6 Å². The molecule has 0 aliphatic heterocycles. The van der Waals surface area contributed by atoms with Crippen molar-refractivity contribution in [3.8, 4) is 0 Å². The fourth-order valence-corrected chi connectivity index (χ4v) is 2.00. The Morgan fingerprint density at radius 3 is 2.57 bits per heavy atom. The van der Waals surface area contributed by atoms with Crippen LogP contribution in [-0.2, 0) is 6.42 Å². The zero-order valence-electron chi connectivity index (χ0n) is 11.6. The SMILES string of the molecule is Cc1ccc(NC(=O)NCCc2ccc(F)cc2)cc1Cl. The molecule has 0 atom stereocenters. The van der Waals surface area contributed by atoms with Crippen LogP contribution in [0.3, 0.4) is 0 Å². The maximum absolute atomic E-state index is 12.7. The predicted octanol–water partition coefficient (Wildman–Crippen LogP) is 4.15. The summed E-state index contributed by atoms with van der Waals surface area (Å²) >= 11 is 5.99. The van der Waals surface area contributed by atoms with Crippen LogP contribution in [0.15, 0.2) is 42.5 Å². The number of nitrogens with one attached hydrogen (secondary N) is 2. The van der Waals surface area contributed by atoms with Gasteiger partial charge in [-0.2, -0.15) is 0 Å². The molecule has 0 bridgehead atoms. The second-order valence-corrected chi connectivity index (χ2v) is 5.13. The Balaban J connectivity index is 1.79. The van der Waals surface area contributed by atoms with Crippen molar-refractivity contribution in [3.63, 3.8) is 0 Å². The number of carbonyl (C=O) groups excluding carboxylic acids is 1. The van der Waals surface area contributed by atoms with Crippen LogP contribution in [0.25, 0.3) is 0 Å². The fraction of sp³-hybridized carbons (Fsp3) is 0.188. The van der Waals surface area contributed by atoms with E-state index in [1.54, 1.807) is 24.3 Å². The first-order valence-corrected chi connectivity index (χ1v) is 6.98. The average Bonchev–Trinajstić information content (AvgIpc) is 2.45. The van der Waals surface area contributed by atoms with Gasteiger partial charge in [-0.15, -0.1) is 0 Å². The highest BCUT2D eigenvalue weighted by molar-refractivity contribution is 6.31. The molecule has 0 fully saturated rings. The summed E-state index contributed by atoms with van der Waals surface area (Å²) in [5.41, 5.74) is 2.57. The van der Waals surface area contributed by atoms with Gasteiger partial charge < -0.3 is 10.6 Å². The molecule has 0 radical (unpaired) electrons. The summed E-state index contributed by atoms with van der Waals surface area (Å²) in [5.74, 6) is -0.263. The number of halogens is 2. The van der Waals surface area contributed by atoms with E-state index in [-0.39, 0.29) is 11.8 Å². The van der Waals surface area contributed by atoms with Gasteiger partial charge in [-0.25, -0.2) is 9.18 Å². The summed E-state index contributed by atoms with van der Waals surface area (Å²) < 4.78 is 12.7. The Morgan fingerprint density at radius 2 is 1.90 bits per heavy atom. The number of amides is 2. The summed E-state index contributed by atoms with van der Waals surface area (Å²) in [5, 5.41) is 6.06. The van der Waals surface area contributed by atoms with Gasteiger partial charge in [-0.05, 0) is 48.7 Å². The van der Waals surface area contributed by atoms with Crippen molar-refractivity contribution in [2.24, 2.45) is 0 Å². The molecule has 0 aliphatic rings. The lowest BCUT2D eigenvalue weighted by Crippen LogP contribution is -2.30. The van der Waals surface area contributed by atoms with E-state index in [0.717, 1.165) is 11.1 Å². The van der Waals surface area contributed by atoms with E-state index in [1.165, 1.54) is 12.1 Å². The molecule has 21 heavy (non-hydrogen) atoms. The molecule has 2 rings (SSSR count). The molecule has 2 N–H and O–H groups in total. The van der Waals surface area contributed by atoms with E-state index in [4.69, 9.17) is 11.6 Å². The van der Waals surface area contributed by atoms with Crippen LogP contribution < -0.4 is 10.6 Å². The van der Waals surface area contributed by atoms with Crippen molar-refractivity contribution in [3.05, 3.63) is 64.4 Å². The standard InChI is InChI=1S/C16H16ClFN2O/c1-11-2-7-14(10-15(11)17)20-16(21)19-9-8-12-3-5-13(18)6-4-12/h2-7,10H,8-9H2,1H3,(H2,19,20,21). The highest BCUT2D eigenvalue weighted by Gasteiger charge is 2.03. The van der Waals surface area contributed by atoms with Gasteiger partial charge in [-0.1, -0.05) is 29.8 Å². The largest absolute Gasteiger partial charge is 0.338 e. The van der Waals surface area contributed by atoms with Crippen LogP contribution in [0.2, 0.25) is 5.02 Å². The first-order chi connectivity index (χ1) is 10.0. The molecule has 0 aliphatic carbocycles. The monoisotopic (exact) mass is 306 g/mol. The molecule has 110 valence electrons. The van der Waals surface area contributed by atoms with Crippen LogP contribution in [0.1, 0.15) is 11.1 Å². The summed E-state index contributed by atoms with van der Waals surface area (Å²) in [6.07, 6.45) is 0.641. The van der Waals surface area contributed by atoms with E-state index < -0.39 is 0 Å². The Kier molecular flexibility index (Phi) is 5.17. The highest BCUT2D eigenvalue weighted by atomic mass is 35.5. The van der Waals surface area contributed by atoms with Gasteiger partial charge >= 0.3 is 6.03 Å². The van der Waals surface area contributed by atoms with Crippen molar-refractivity contribution >= 4 is 23.3 Å². The third-order valence-corrected chi connectivity index (χ3v) is 3.45. The number of aryl methyl sites for hydroxylation is 1. The molecule has 2 aromatic carbocycles. The van der Waals surface area contributed by atoms with Crippen molar-refractivity contribution < 1.29 is 9.18 Å². The zero-order valence-corrected chi connectivity index (χ0v) is 12.4. The van der Waals surface area contributed by atoms with E-state index in [1.807, 2.05) is 13.0 Å². The maximum Gasteiger partial charge on any atom is 0.319 e. The molecule has 0 aromatic heterocycles. The second-order valence-electron chi connectivity index (χ2n) is 4.72. The van der Waals surface area contributed by atoms with Crippen LogP contribution in [0, 0.1) is 12.7 Å². The quantitative estimate of drug-likeness (QED) is 0.875. The molecule has 0 unspecified atom stereocenters. The molecule has 0 saturated carbocycles. The van der Waals surface area contributed by atoms with E-state index in [9.17, 15) is 9.18 Å². The lowest BCUT2D eigenvalue weighted by Gasteiger charge is -2.09. The van der Waals surface area contributed by atoms with Gasteiger partial charge in [0.1, 0.15) is 5.82 Å². The minimum absolute atomic E-state index is 0.263. The molecule has 2 amide bonds. The Bertz CT molecular complexity index is 629. The number of carbonyl (C=O) groups is 1. The lowest BCUT2D eigenvalue weighted by atomic mass is 10.1. The predicted molar refractivity (Wildman–Crippen MR) is 83.3 cm³/mol. The number of anilines is 1. The van der Waals surface area contributed by atoms with Gasteiger partial charge in [0.15, 0.2) is 0 Å². The van der Waals surface area contributed by atoms with Crippen molar-refractivity contribution in [1.82, 2.24) is 5.32 Å². The number of benzene rings is 2. The fourth-order valence-electron chi connectivity index (χ4n) is 1.82. The normalized spacial score (nSPS) is 10.2. The average molecular weight is 307 g/mol. The second kappa shape index (κ2) is 7.09. The summed E-state index contributed by atoms with van der Waals surface area (Å²) in [4.78, 5) is 11.7. The number of urea groups is 1. The molecule has 0 saturated heterocycles. The van der Waals surface area contributed by atoms with E-state index >= 15 is 0 Å².